The van der Waals surface area contributed by atoms with Gasteiger partial charge < -0.3 is 4.84 Å². The Morgan fingerprint density at radius 3 is 2.33 bits per heavy atom. The summed E-state index contributed by atoms with van der Waals surface area (Å²) < 4.78 is 36.0. The number of halogens is 3. The molecular formula is C7H10F3NO. The Morgan fingerprint density at radius 2 is 2.08 bits per heavy atom. The fourth-order valence-corrected chi connectivity index (χ4v) is 0.921. The lowest BCUT2D eigenvalue weighted by atomic mass is 10.0. The van der Waals surface area contributed by atoms with E-state index >= 15 is 0 Å². The molecule has 1 heterocycles. The molecule has 0 fully saturated rings. The molecule has 1 rings (SSSR count). The molecule has 1 aliphatic heterocycles. The molecule has 0 aromatic rings. The summed E-state index contributed by atoms with van der Waals surface area (Å²) >= 11 is 0. The van der Waals surface area contributed by atoms with Gasteiger partial charge in [0.2, 0.25) is 0 Å². The zero-order chi connectivity index (χ0) is 9.35. The molecule has 0 aliphatic carbocycles. The van der Waals surface area contributed by atoms with Gasteiger partial charge in [-0.2, -0.15) is 13.2 Å². The molecule has 0 amide bonds. The number of rotatable bonds is 1. The standard InChI is InChI=1S/C7H10F3NO/c1-4(2)5-3-6(11-12-5)7(8,9)10/h4-5H,3H2,1-2H3. The third-order valence-electron chi connectivity index (χ3n) is 1.76. The van der Waals surface area contributed by atoms with Crippen molar-refractivity contribution in [1.82, 2.24) is 0 Å². The van der Waals surface area contributed by atoms with E-state index in [0.29, 0.717) is 0 Å². The topological polar surface area (TPSA) is 21.6 Å². The third-order valence-corrected chi connectivity index (χ3v) is 1.76. The van der Waals surface area contributed by atoms with Crippen LogP contribution in [0.5, 0.6) is 0 Å². The van der Waals surface area contributed by atoms with E-state index in [1.165, 1.54) is 0 Å². The molecular weight excluding hydrogens is 171 g/mol. The van der Waals surface area contributed by atoms with Crippen molar-refractivity contribution in [1.29, 1.82) is 0 Å². The number of alkyl halides is 3. The van der Waals surface area contributed by atoms with E-state index in [-0.39, 0.29) is 12.3 Å². The third kappa shape index (κ3) is 1.89. The molecule has 1 aliphatic rings. The van der Waals surface area contributed by atoms with Crippen molar-refractivity contribution in [2.45, 2.75) is 32.5 Å². The Kier molecular flexibility index (Phi) is 2.30. The van der Waals surface area contributed by atoms with E-state index in [9.17, 15) is 13.2 Å². The second-order valence-corrected chi connectivity index (χ2v) is 3.13. The van der Waals surface area contributed by atoms with Gasteiger partial charge in [0, 0.05) is 6.42 Å². The van der Waals surface area contributed by atoms with Crippen molar-refractivity contribution < 1.29 is 18.0 Å². The molecule has 0 saturated carbocycles. The van der Waals surface area contributed by atoms with Crippen LogP contribution in [0, 0.1) is 5.92 Å². The van der Waals surface area contributed by atoms with Crippen LogP contribution in [0.3, 0.4) is 0 Å². The highest BCUT2D eigenvalue weighted by Gasteiger charge is 2.42. The molecule has 0 saturated heterocycles. The van der Waals surface area contributed by atoms with Gasteiger partial charge in [-0.3, -0.25) is 0 Å². The van der Waals surface area contributed by atoms with Crippen LogP contribution in [0.4, 0.5) is 13.2 Å². The van der Waals surface area contributed by atoms with Gasteiger partial charge in [0.05, 0.1) is 0 Å². The summed E-state index contributed by atoms with van der Waals surface area (Å²) in [6.07, 6.45) is -4.87. The van der Waals surface area contributed by atoms with Crippen molar-refractivity contribution >= 4 is 5.71 Å². The van der Waals surface area contributed by atoms with Crippen molar-refractivity contribution in [3.63, 3.8) is 0 Å². The lowest BCUT2D eigenvalue weighted by molar-refractivity contribution is -0.0604. The molecule has 0 radical (unpaired) electrons. The SMILES string of the molecule is CC(C)C1CC(C(F)(F)F)=NO1. The van der Waals surface area contributed by atoms with Crippen LogP contribution in [0.2, 0.25) is 0 Å². The molecule has 1 unspecified atom stereocenters. The van der Waals surface area contributed by atoms with Gasteiger partial charge in [0.25, 0.3) is 0 Å². The second kappa shape index (κ2) is 2.95. The zero-order valence-electron chi connectivity index (χ0n) is 6.85. The maximum Gasteiger partial charge on any atom is 0.432 e. The van der Waals surface area contributed by atoms with Crippen LogP contribution in [0.1, 0.15) is 20.3 Å². The molecule has 5 heteroatoms. The Morgan fingerprint density at radius 1 is 1.50 bits per heavy atom. The zero-order valence-corrected chi connectivity index (χ0v) is 6.85. The first kappa shape index (κ1) is 9.35. The number of hydrogen-bond donors (Lipinski definition) is 0. The van der Waals surface area contributed by atoms with Crippen LogP contribution < -0.4 is 0 Å². The van der Waals surface area contributed by atoms with E-state index in [1.54, 1.807) is 13.8 Å². The summed E-state index contributed by atoms with van der Waals surface area (Å²) in [5.41, 5.74) is -0.804. The average molecular weight is 181 g/mol. The number of hydrogen-bond acceptors (Lipinski definition) is 2. The summed E-state index contributed by atoms with van der Waals surface area (Å²) in [5, 5.41) is 3.00. The smallest absolute Gasteiger partial charge is 0.392 e. The highest BCUT2D eigenvalue weighted by atomic mass is 19.4. The molecule has 0 bridgehead atoms. The first-order valence-corrected chi connectivity index (χ1v) is 3.71. The lowest BCUT2D eigenvalue weighted by Gasteiger charge is -2.11. The largest absolute Gasteiger partial charge is 0.432 e. The monoisotopic (exact) mass is 181 g/mol. The fourth-order valence-electron chi connectivity index (χ4n) is 0.921. The average Bonchev–Trinajstić information content (AvgIpc) is 2.30. The van der Waals surface area contributed by atoms with Crippen molar-refractivity contribution in [2.75, 3.05) is 0 Å². The highest BCUT2D eigenvalue weighted by molar-refractivity contribution is 5.90. The first-order valence-electron chi connectivity index (χ1n) is 3.71. The van der Waals surface area contributed by atoms with Crippen LogP contribution in [0.15, 0.2) is 5.16 Å². The number of nitrogens with zero attached hydrogens (tertiary/aromatic N) is 1. The van der Waals surface area contributed by atoms with Crippen LogP contribution >= 0.6 is 0 Å². The van der Waals surface area contributed by atoms with Gasteiger partial charge in [-0.1, -0.05) is 19.0 Å². The van der Waals surface area contributed by atoms with Crippen LogP contribution in [0.25, 0.3) is 0 Å². The van der Waals surface area contributed by atoms with Crippen molar-refractivity contribution in [3.05, 3.63) is 0 Å². The summed E-state index contributed by atoms with van der Waals surface area (Å²) in [5.74, 6) is 0.0635. The van der Waals surface area contributed by atoms with E-state index < -0.39 is 18.0 Å². The molecule has 0 spiro atoms. The van der Waals surface area contributed by atoms with E-state index in [4.69, 9.17) is 0 Å². The molecule has 0 N–H and O–H groups in total. The Labute approximate surface area is 68.4 Å². The maximum absolute atomic E-state index is 12.0. The number of oxime groups is 1. The van der Waals surface area contributed by atoms with Gasteiger partial charge in [-0.15, -0.1) is 0 Å². The van der Waals surface area contributed by atoms with E-state index in [1.807, 2.05) is 0 Å². The van der Waals surface area contributed by atoms with Gasteiger partial charge in [-0.25, -0.2) is 0 Å². The minimum Gasteiger partial charge on any atom is -0.392 e. The molecule has 12 heavy (non-hydrogen) atoms. The molecule has 0 aromatic carbocycles. The van der Waals surface area contributed by atoms with Crippen LogP contribution in [-0.4, -0.2) is 18.0 Å². The Bertz CT molecular complexity index is 197. The second-order valence-electron chi connectivity index (χ2n) is 3.13. The summed E-state index contributed by atoms with van der Waals surface area (Å²) in [6, 6.07) is 0. The highest BCUT2D eigenvalue weighted by Crippen LogP contribution is 2.28. The summed E-state index contributed by atoms with van der Waals surface area (Å²) in [7, 11) is 0. The van der Waals surface area contributed by atoms with Gasteiger partial charge in [0.15, 0.2) is 5.71 Å². The summed E-state index contributed by atoms with van der Waals surface area (Å²) in [4.78, 5) is 4.62. The van der Waals surface area contributed by atoms with Crippen LogP contribution in [-0.2, 0) is 4.84 Å². The molecule has 2 nitrogen and oxygen atoms in total. The first-order chi connectivity index (χ1) is 5.41. The Hall–Kier alpha value is -0.740. The quantitative estimate of drug-likeness (QED) is 0.608. The normalized spacial score (nSPS) is 24.2. The predicted octanol–water partition coefficient (Wildman–Crippen LogP) is 2.35. The molecule has 70 valence electrons. The Balaban J connectivity index is 2.55. The fraction of sp³-hybridized carbons (Fsp3) is 0.857. The van der Waals surface area contributed by atoms with Gasteiger partial charge in [-0.05, 0) is 5.92 Å². The maximum atomic E-state index is 12.0. The predicted molar refractivity (Wildman–Crippen MR) is 37.8 cm³/mol. The minimum absolute atomic E-state index is 0.0635. The van der Waals surface area contributed by atoms with Gasteiger partial charge in [0.1, 0.15) is 6.10 Å². The molecule has 0 aromatic heterocycles. The van der Waals surface area contributed by atoms with Crippen molar-refractivity contribution in [3.8, 4) is 0 Å². The van der Waals surface area contributed by atoms with E-state index in [0.717, 1.165) is 0 Å². The summed E-state index contributed by atoms with van der Waals surface area (Å²) in [6.45, 7) is 3.61. The van der Waals surface area contributed by atoms with Gasteiger partial charge >= 0.3 is 6.18 Å². The van der Waals surface area contributed by atoms with Crippen molar-refractivity contribution in [2.24, 2.45) is 11.1 Å². The minimum atomic E-state index is -4.33. The lowest BCUT2D eigenvalue weighted by Crippen LogP contribution is -2.24. The van der Waals surface area contributed by atoms with E-state index in [2.05, 4.69) is 9.99 Å². The molecule has 1 atom stereocenters.